The molecule has 0 saturated carbocycles. The van der Waals surface area contributed by atoms with E-state index in [4.69, 9.17) is 14.2 Å². The van der Waals surface area contributed by atoms with E-state index in [0.717, 1.165) is 39.4 Å². The molecule has 7 nitrogen and oxygen atoms in total. The Balaban J connectivity index is 1.84. The van der Waals surface area contributed by atoms with Crippen molar-refractivity contribution in [3.8, 4) is 11.8 Å². The second-order valence-electron chi connectivity index (χ2n) is 4.16. The van der Waals surface area contributed by atoms with Crippen LogP contribution in [0.15, 0.2) is 6.07 Å². The first-order valence-electron chi connectivity index (χ1n) is 6.33. The molecule has 0 aliphatic carbocycles. The molecule has 0 aromatic carbocycles. The first-order chi connectivity index (χ1) is 9.31. The zero-order chi connectivity index (χ0) is 13.5. The summed E-state index contributed by atoms with van der Waals surface area (Å²) in [7, 11) is 3.14. The molecule has 1 aromatic rings. The lowest BCUT2D eigenvalue weighted by Gasteiger charge is -2.26. The van der Waals surface area contributed by atoms with E-state index in [1.165, 1.54) is 0 Å². The summed E-state index contributed by atoms with van der Waals surface area (Å²) in [6.07, 6.45) is 0. The lowest BCUT2D eigenvalue weighted by molar-refractivity contribution is 0.0398. The van der Waals surface area contributed by atoms with E-state index in [2.05, 4.69) is 20.2 Å². The summed E-state index contributed by atoms with van der Waals surface area (Å²) in [4.78, 5) is 10.8. The summed E-state index contributed by atoms with van der Waals surface area (Å²) >= 11 is 0. The van der Waals surface area contributed by atoms with Gasteiger partial charge < -0.3 is 19.5 Å². The molecule has 0 bridgehead atoms. The number of morpholine rings is 1. The van der Waals surface area contributed by atoms with Crippen molar-refractivity contribution in [2.24, 2.45) is 0 Å². The van der Waals surface area contributed by atoms with Gasteiger partial charge in [0.05, 0.1) is 33.5 Å². The number of nitrogens with one attached hydrogen (secondary N) is 1. The lowest BCUT2D eigenvalue weighted by atomic mass is 10.4. The normalized spacial score (nSPS) is 16.1. The fourth-order valence-corrected chi connectivity index (χ4v) is 1.84. The molecular weight excluding hydrogens is 248 g/mol. The Morgan fingerprint density at radius 3 is 2.42 bits per heavy atom. The first-order valence-corrected chi connectivity index (χ1v) is 6.33. The standard InChI is InChI=1S/C12H20N4O3/c1-17-10-9-11(18-2)15-12(14-10)13-3-4-16-5-7-19-8-6-16/h9H,3-8H2,1-2H3,(H,13,14,15). The Hall–Kier alpha value is -1.60. The van der Waals surface area contributed by atoms with Gasteiger partial charge in [0.15, 0.2) is 0 Å². The molecular formula is C12H20N4O3. The summed E-state index contributed by atoms with van der Waals surface area (Å²) in [6.45, 7) is 5.28. The van der Waals surface area contributed by atoms with Gasteiger partial charge in [0, 0.05) is 26.2 Å². The molecule has 1 aliphatic heterocycles. The van der Waals surface area contributed by atoms with Crippen LogP contribution in [0, 0.1) is 0 Å². The summed E-state index contributed by atoms with van der Waals surface area (Å²) in [5, 5.41) is 3.18. The van der Waals surface area contributed by atoms with Gasteiger partial charge in [-0.2, -0.15) is 9.97 Å². The summed E-state index contributed by atoms with van der Waals surface area (Å²) in [5.41, 5.74) is 0. The number of nitrogens with zero attached hydrogens (tertiary/aromatic N) is 3. The van der Waals surface area contributed by atoms with Gasteiger partial charge in [0.25, 0.3) is 0 Å². The number of anilines is 1. The fraction of sp³-hybridized carbons (Fsp3) is 0.667. The minimum absolute atomic E-state index is 0.487. The molecule has 0 amide bonds. The molecule has 0 spiro atoms. The Bertz CT molecular complexity index is 374. The average molecular weight is 268 g/mol. The molecule has 2 heterocycles. The minimum atomic E-state index is 0.487. The van der Waals surface area contributed by atoms with Crippen molar-refractivity contribution in [2.45, 2.75) is 0 Å². The third-order valence-corrected chi connectivity index (χ3v) is 2.91. The van der Waals surface area contributed by atoms with E-state index in [9.17, 15) is 0 Å². The van der Waals surface area contributed by atoms with Crippen LogP contribution in [-0.2, 0) is 4.74 Å². The number of methoxy groups -OCH3 is 2. The number of rotatable bonds is 6. The second kappa shape index (κ2) is 7.10. The maximum Gasteiger partial charge on any atom is 0.229 e. The van der Waals surface area contributed by atoms with Gasteiger partial charge in [0.1, 0.15) is 0 Å². The molecule has 106 valence electrons. The van der Waals surface area contributed by atoms with Crippen LogP contribution in [0.2, 0.25) is 0 Å². The van der Waals surface area contributed by atoms with E-state index < -0.39 is 0 Å². The lowest BCUT2D eigenvalue weighted by Crippen LogP contribution is -2.39. The van der Waals surface area contributed by atoms with Gasteiger partial charge in [-0.05, 0) is 0 Å². The Kier molecular flexibility index (Phi) is 5.17. The van der Waals surface area contributed by atoms with Crippen molar-refractivity contribution in [1.82, 2.24) is 14.9 Å². The highest BCUT2D eigenvalue weighted by Gasteiger charge is 2.10. The molecule has 1 aromatic heterocycles. The summed E-state index contributed by atoms with van der Waals surface area (Å²) in [6, 6.07) is 1.65. The van der Waals surface area contributed by atoms with Crippen LogP contribution >= 0.6 is 0 Å². The van der Waals surface area contributed by atoms with Crippen LogP contribution in [0.3, 0.4) is 0 Å². The molecule has 2 rings (SSSR count). The fourth-order valence-electron chi connectivity index (χ4n) is 1.84. The van der Waals surface area contributed by atoms with Crippen LogP contribution < -0.4 is 14.8 Å². The number of hydrogen-bond donors (Lipinski definition) is 1. The summed E-state index contributed by atoms with van der Waals surface area (Å²) < 4.78 is 15.5. The summed E-state index contributed by atoms with van der Waals surface area (Å²) in [5.74, 6) is 1.49. The second-order valence-corrected chi connectivity index (χ2v) is 4.16. The predicted molar refractivity (Wildman–Crippen MR) is 70.9 cm³/mol. The van der Waals surface area contributed by atoms with Crippen molar-refractivity contribution in [1.29, 1.82) is 0 Å². The maximum absolute atomic E-state index is 5.31. The quantitative estimate of drug-likeness (QED) is 0.792. The molecule has 0 radical (unpaired) electrons. The number of hydrogen-bond acceptors (Lipinski definition) is 7. The van der Waals surface area contributed by atoms with Crippen LogP contribution in [0.25, 0.3) is 0 Å². The largest absolute Gasteiger partial charge is 0.481 e. The maximum atomic E-state index is 5.31. The molecule has 19 heavy (non-hydrogen) atoms. The smallest absolute Gasteiger partial charge is 0.229 e. The van der Waals surface area contributed by atoms with Crippen LogP contribution in [0.4, 0.5) is 5.95 Å². The van der Waals surface area contributed by atoms with Crippen LogP contribution in [-0.4, -0.2) is 68.5 Å². The van der Waals surface area contributed by atoms with Crippen molar-refractivity contribution in [2.75, 3.05) is 58.9 Å². The van der Waals surface area contributed by atoms with Crippen molar-refractivity contribution in [3.63, 3.8) is 0 Å². The van der Waals surface area contributed by atoms with Gasteiger partial charge in [-0.3, -0.25) is 4.90 Å². The van der Waals surface area contributed by atoms with Gasteiger partial charge in [-0.25, -0.2) is 0 Å². The molecule has 1 aliphatic rings. The highest BCUT2D eigenvalue weighted by atomic mass is 16.5. The van der Waals surface area contributed by atoms with Gasteiger partial charge in [-0.15, -0.1) is 0 Å². The first kappa shape index (κ1) is 13.8. The zero-order valence-corrected chi connectivity index (χ0v) is 11.4. The van der Waals surface area contributed by atoms with Crippen LogP contribution in [0.1, 0.15) is 0 Å². The highest BCUT2D eigenvalue weighted by Crippen LogP contribution is 2.16. The SMILES string of the molecule is COc1cc(OC)nc(NCCN2CCOCC2)n1. The van der Waals surface area contributed by atoms with Crippen molar-refractivity contribution < 1.29 is 14.2 Å². The Morgan fingerprint density at radius 2 is 1.84 bits per heavy atom. The minimum Gasteiger partial charge on any atom is -0.481 e. The highest BCUT2D eigenvalue weighted by molar-refractivity contribution is 5.33. The molecule has 1 saturated heterocycles. The van der Waals surface area contributed by atoms with Crippen molar-refractivity contribution in [3.05, 3.63) is 6.07 Å². The Labute approximate surface area is 112 Å². The van der Waals surface area contributed by atoms with E-state index >= 15 is 0 Å². The van der Waals surface area contributed by atoms with E-state index in [0.29, 0.717) is 17.7 Å². The van der Waals surface area contributed by atoms with Gasteiger partial charge >= 0.3 is 0 Å². The molecule has 1 fully saturated rings. The predicted octanol–water partition coefficient (Wildman–Crippen LogP) is 0.238. The number of aromatic nitrogens is 2. The Morgan fingerprint density at radius 1 is 1.21 bits per heavy atom. The van der Waals surface area contributed by atoms with E-state index in [1.807, 2.05) is 0 Å². The van der Waals surface area contributed by atoms with Gasteiger partial charge in [0.2, 0.25) is 17.7 Å². The molecule has 7 heteroatoms. The van der Waals surface area contributed by atoms with Gasteiger partial charge in [-0.1, -0.05) is 0 Å². The van der Waals surface area contributed by atoms with E-state index in [1.54, 1.807) is 20.3 Å². The molecule has 1 N–H and O–H groups in total. The monoisotopic (exact) mass is 268 g/mol. The third-order valence-electron chi connectivity index (χ3n) is 2.91. The topological polar surface area (TPSA) is 68.7 Å². The molecule has 0 unspecified atom stereocenters. The van der Waals surface area contributed by atoms with Crippen LogP contribution in [0.5, 0.6) is 11.8 Å². The van der Waals surface area contributed by atoms with Crippen molar-refractivity contribution >= 4 is 5.95 Å². The molecule has 0 atom stereocenters. The third kappa shape index (κ3) is 4.22. The average Bonchev–Trinajstić information content (AvgIpc) is 2.48. The number of ether oxygens (including phenoxy) is 3. The zero-order valence-electron chi connectivity index (χ0n) is 11.4. The van der Waals surface area contributed by atoms with E-state index in [-0.39, 0.29) is 0 Å².